The van der Waals surface area contributed by atoms with Crippen molar-refractivity contribution in [1.29, 1.82) is 0 Å². The number of hydrogen-bond donors (Lipinski definition) is 4. The Balaban J connectivity index is 1.59. The van der Waals surface area contributed by atoms with Gasteiger partial charge in [-0.2, -0.15) is 0 Å². The van der Waals surface area contributed by atoms with E-state index in [1.54, 1.807) is 24.3 Å². The minimum absolute atomic E-state index is 0.184. The lowest BCUT2D eigenvalue weighted by Gasteiger charge is -2.19. The predicted molar refractivity (Wildman–Crippen MR) is 110 cm³/mol. The molecule has 0 saturated carbocycles. The molecule has 28 heavy (non-hydrogen) atoms. The highest BCUT2D eigenvalue weighted by Crippen LogP contribution is 2.27. The number of aryl methyl sites for hydroxylation is 1. The van der Waals surface area contributed by atoms with E-state index in [9.17, 15) is 9.59 Å². The molecule has 7 heteroatoms. The number of nitrogens with zero attached hydrogens (tertiary/aromatic N) is 1. The van der Waals surface area contributed by atoms with E-state index in [4.69, 9.17) is 11.5 Å². The summed E-state index contributed by atoms with van der Waals surface area (Å²) in [5, 5.41) is 5.67. The third kappa shape index (κ3) is 5.09. The highest BCUT2D eigenvalue weighted by atomic mass is 16.2. The first kappa shape index (κ1) is 19.4. The summed E-state index contributed by atoms with van der Waals surface area (Å²) in [6, 6.07) is 13.2. The number of nitrogens with two attached hydrogens (primary N) is 2. The lowest BCUT2D eigenvalue weighted by molar-refractivity contribution is -0.117. The molecule has 6 N–H and O–H groups in total. The molecular weight excluding hydrogens is 354 g/mol. The van der Waals surface area contributed by atoms with Gasteiger partial charge in [-0.05, 0) is 60.6 Å². The van der Waals surface area contributed by atoms with Crippen LogP contribution in [0.4, 0.5) is 5.69 Å². The summed E-state index contributed by atoms with van der Waals surface area (Å²) in [6.07, 6.45) is 4.60. The van der Waals surface area contributed by atoms with E-state index in [2.05, 4.69) is 21.7 Å². The van der Waals surface area contributed by atoms with Crippen LogP contribution in [0, 0.1) is 0 Å². The van der Waals surface area contributed by atoms with Crippen molar-refractivity contribution < 1.29 is 9.59 Å². The Kier molecular flexibility index (Phi) is 6.26. The van der Waals surface area contributed by atoms with Crippen LogP contribution in [-0.4, -0.2) is 24.3 Å². The van der Waals surface area contributed by atoms with Crippen molar-refractivity contribution in [3.8, 4) is 0 Å². The van der Waals surface area contributed by atoms with Crippen molar-refractivity contribution in [3.05, 3.63) is 64.7 Å². The number of carbonyl (C=O) groups excluding carboxylic acids is 2. The van der Waals surface area contributed by atoms with Crippen LogP contribution in [0.1, 0.15) is 39.9 Å². The number of fused-ring (bicyclic) bond motifs is 1. The Bertz CT molecular complexity index is 890. The fourth-order valence-electron chi connectivity index (χ4n) is 3.28. The third-order valence-corrected chi connectivity index (χ3v) is 4.73. The molecule has 2 aromatic carbocycles. The van der Waals surface area contributed by atoms with Crippen LogP contribution in [0.3, 0.4) is 0 Å². The molecule has 1 aliphatic carbocycles. The molecule has 0 atom stereocenters. The smallest absolute Gasteiger partial charge is 0.251 e. The van der Waals surface area contributed by atoms with Gasteiger partial charge in [-0.15, -0.1) is 0 Å². The van der Waals surface area contributed by atoms with Crippen molar-refractivity contribution in [2.45, 2.75) is 32.2 Å². The van der Waals surface area contributed by atoms with Crippen LogP contribution in [0.15, 0.2) is 47.5 Å². The van der Waals surface area contributed by atoms with Gasteiger partial charge >= 0.3 is 0 Å². The van der Waals surface area contributed by atoms with E-state index in [1.165, 1.54) is 24.0 Å². The van der Waals surface area contributed by atoms with Crippen LogP contribution in [0.2, 0.25) is 0 Å². The Morgan fingerprint density at radius 1 is 1.00 bits per heavy atom. The number of aliphatic imine (C=N–C) groups is 1. The minimum Gasteiger partial charge on any atom is -0.370 e. The lowest BCUT2D eigenvalue weighted by Crippen LogP contribution is -2.33. The van der Waals surface area contributed by atoms with Crippen molar-refractivity contribution in [3.63, 3.8) is 0 Å². The number of primary amides is 1. The molecule has 0 spiro atoms. The molecule has 2 amide bonds. The molecule has 0 heterocycles. The number of carbonyl (C=O) groups is 2. The number of guanidine groups is 1. The molecule has 0 bridgehead atoms. The Morgan fingerprint density at radius 2 is 1.75 bits per heavy atom. The Morgan fingerprint density at radius 3 is 2.50 bits per heavy atom. The molecule has 1 aliphatic rings. The van der Waals surface area contributed by atoms with Gasteiger partial charge in [0.2, 0.25) is 5.91 Å². The summed E-state index contributed by atoms with van der Waals surface area (Å²) in [5.74, 6) is -0.562. The van der Waals surface area contributed by atoms with Crippen molar-refractivity contribution in [2.75, 3.05) is 11.9 Å². The Labute approximate surface area is 164 Å². The van der Waals surface area contributed by atoms with Crippen molar-refractivity contribution >= 4 is 23.5 Å². The summed E-state index contributed by atoms with van der Waals surface area (Å²) in [5.41, 5.74) is 16.2. The standard InChI is InChI=1S/C21H25N5O2/c22-19(27)13-24-20(28)16-10-8-14(9-11-16)12-25-21(23)26-18-7-3-5-15-4-1-2-6-17(15)18/h3,5,7-11H,1-2,4,6,12-13H2,(H2,22,27)(H,24,28)(H3,23,25,26). The van der Waals surface area contributed by atoms with E-state index in [1.807, 2.05) is 12.1 Å². The largest absolute Gasteiger partial charge is 0.370 e. The molecule has 0 radical (unpaired) electrons. The quantitative estimate of drug-likeness (QED) is 0.451. The van der Waals surface area contributed by atoms with Gasteiger partial charge in [-0.3, -0.25) is 9.59 Å². The molecule has 0 fully saturated rings. The van der Waals surface area contributed by atoms with Crippen molar-refractivity contribution in [2.24, 2.45) is 16.5 Å². The van der Waals surface area contributed by atoms with Gasteiger partial charge in [0.05, 0.1) is 13.1 Å². The summed E-state index contributed by atoms with van der Waals surface area (Å²) in [6.45, 7) is 0.216. The number of nitrogens with one attached hydrogen (secondary N) is 2. The van der Waals surface area contributed by atoms with Crippen LogP contribution in [-0.2, 0) is 24.2 Å². The summed E-state index contributed by atoms with van der Waals surface area (Å²) < 4.78 is 0. The lowest BCUT2D eigenvalue weighted by atomic mass is 9.90. The van der Waals surface area contributed by atoms with Gasteiger partial charge in [0.1, 0.15) is 0 Å². The van der Waals surface area contributed by atoms with E-state index in [-0.39, 0.29) is 12.5 Å². The monoisotopic (exact) mass is 379 g/mol. The first-order chi connectivity index (χ1) is 13.5. The first-order valence-electron chi connectivity index (χ1n) is 9.36. The number of rotatable bonds is 6. The van der Waals surface area contributed by atoms with Gasteiger partial charge in [0.15, 0.2) is 5.96 Å². The van der Waals surface area contributed by atoms with Crippen LogP contribution in [0.5, 0.6) is 0 Å². The van der Waals surface area contributed by atoms with Crippen LogP contribution < -0.4 is 22.1 Å². The Hall–Kier alpha value is -3.35. The number of anilines is 1. The van der Waals surface area contributed by atoms with E-state index in [0.29, 0.717) is 18.1 Å². The summed E-state index contributed by atoms with van der Waals surface area (Å²) in [7, 11) is 0. The van der Waals surface area contributed by atoms with Gasteiger partial charge in [0, 0.05) is 11.3 Å². The normalized spacial score (nSPS) is 13.5. The molecular formula is C21H25N5O2. The molecule has 0 aromatic heterocycles. The number of benzene rings is 2. The zero-order chi connectivity index (χ0) is 19.9. The zero-order valence-corrected chi connectivity index (χ0v) is 15.7. The summed E-state index contributed by atoms with van der Waals surface area (Å²) in [4.78, 5) is 27.0. The second kappa shape index (κ2) is 9.03. The SMILES string of the molecule is NC(=O)CNC(=O)c1ccc(CN=C(N)Nc2cccc3c2CCCC3)cc1. The van der Waals surface area contributed by atoms with Crippen LogP contribution >= 0.6 is 0 Å². The molecule has 0 unspecified atom stereocenters. The number of hydrogen-bond acceptors (Lipinski definition) is 3. The molecule has 2 aromatic rings. The highest BCUT2D eigenvalue weighted by Gasteiger charge is 2.13. The van der Waals surface area contributed by atoms with Gasteiger partial charge in [-0.25, -0.2) is 4.99 Å². The third-order valence-electron chi connectivity index (χ3n) is 4.73. The zero-order valence-electron chi connectivity index (χ0n) is 15.7. The maximum Gasteiger partial charge on any atom is 0.251 e. The average Bonchev–Trinajstić information content (AvgIpc) is 2.71. The topological polar surface area (TPSA) is 123 Å². The second-order valence-corrected chi connectivity index (χ2v) is 6.82. The average molecular weight is 379 g/mol. The van der Waals surface area contributed by atoms with E-state index >= 15 is 0 Å². The van der Waals surface area contributed by atoms with Crippen LogP contribution in [0.25, 0.3) is 0 Å². The highest BCUT2D eigenvalue weighted by molar-refractivity contribution is 5.96. The van der Waals surface area contributed by atoms with E-state index < -0.39 is 5.91 Å². The first-order valence-corrected chi connectivity index (χ1v) is 9.36. The minimum atomic E-state index is -0.582. The van der Waals surface area contributed by atoms with Crippen molar-refractivity contribution in [1.82, 2.24) is 5.32 Å². The fraction of sp³-hybridized carbons (Fsp3) is 0.286. The molecule has 3 rings (SSSR count). The molecule has 0 aliphatic heterocycles. The second-order valence-electron chi connectivity index (χ2n) is 6.82. The summed E-state index contributed by atoms with van der Waals surface area (Å²) >= 11 is 0. The molecule has 146 valence electrons. The van der Waals surface area contributed by atoms with Gasteiger partial charge < -0.3 is 22.1 Å². The van der Waals surface area contributed by atoms with Gasteiger partial charge in [-0.1, -0.05) is 24.3 Å². The molecule has 7 nitrogen and oxygen atoms in total. The molecule has 0 saturated heterocycles. The fourth-order valence-corrected chi connectivity index (χ4v) is 3.28. The van der Waals surface area contributed by atoms with E-state index in [0.717, 1.165) is 24.1 Å². The van der Waals surface area contributed by atoms with Gasteiger partial charge in [0.25, 0.3) is 5.91 Å². The maximum absolute atomic E-state index is 11.9. The maximum atomic E-state index is 11.9. The predicted octanol–water partition coefficient (Wildman–Crippen LogP) is 1.71. The number of amides is 2.